The summed E-state index contributed by atoms with van der Waals surface area (Å²) in [6.07, 6.45) is 1.62. The summed E-state index contributed by atoms with van der Waals surface area (Å²) >= 11 is 1.13. The molecule has 0 bridgehead atoms. The summed E-state index contributed by atoms with van der Waals surface area (Å²) in [5.41, 5.74) is 0.280. The Morgan fingerprint density at radius 3 is 2.16 bits per heavy atom. The van der Waals surface area contributed by atoms with Gasteiger partial charge in [0.25, 0.3) is 10.0 Å². The molecule has 1 unspecified atom stereocenters. The summed E-state index contributed by atoms with van der Waals surface area (Å²) in [6.45, 7) is 1.62. The second kappa shape index (κ2) is 9.73. The van der Waals surface area contributed by atoms with Gasteiger partial charge in [0.2, 0.25) is 15.9 Å². The second-order valence-corrected chi connectivity index (χ2v) is 10.8. The SMILES string of the molecule is CCC(NS(=O)(=O)c1ccc(F)cc1)C(=O)Nc1ccc(S(=O)(=O)Nc2nccs2)cc1. The zero-order chi connectivity index (χ0) is 23.4. The molecule has 3 aromatic rings. The first-order chi connectivity index (χ1) is 15.1. The Bertz CT molecular complexity index is 1280. The monoisotopic (exact) mass is 498 g/mol. The normalized spacial score (nSPS) is 12.8. The van der Waals surface area contributed by atoms with Gasteiger partial charge in [0.15, 0.2) is 5.13 Å². The van der Waals surface area contributed by atoms with Crippen LogP contribution in [0.15, 0.2) is 69.9 Å². The minimum absolute atomic E-state index is 0.0326. The number of thiazole rings is 1. The molecule has 9 nitrogen and oxygen atoms in total. The van der Waals surface area contributed by atoms with Gasteiger partial charge in [0, 0.05) is 17.3 Å². The van der Waals surface area contributed by atoms with Crippen molar-refractivity contribution < 1.29 is 26.0 Å². The maximum Gasteiger partial charge on any atom is 0.263 e. The molecule has 0 aliphatic rings. The maximum atomic E-state index is 13.0. The highest BCUT2D eigenvalue weighted by Crippen LogP contribution is 2.20. The molecular weight excluding hydrogens is 479 g/mol. The summed E-state index contributed by atoms with van der Waals surface area (Å²) in [6, 6.07) is 8.49. The number of carbonyl (C=O) groups excluding carboxylic acids is 1. The van der Waals surface area contributed by atoms with Gasteiger partial charge in [-0.15, -0.1) is 11.3 Å². The van der Waals surface area contributed by atoms with Crippen molar-refractivity contribution in [1.29, 1.82) is 0 Å². The Balaban J connectivity index is 1.68. The fourth-order valence-electron chi connectivity index (χ4n) is 2.59. The van der Waals surface area contributed by atoms with Gasteiger partial charge in [-0.3, -0.25) is 9.52 Å². The fourth-order valence-corrected chi connectivity index (χ4v) is 5.65. The van der Waals surface area contributed by atoms with Crippen LogP contribution in [0.1, 0.15) is 13.3 Å². The lowest BCUT2D eigenvalue weighted by Crippen LogP contribution is -2.43. The van der Waals surface area contributed by atoms with Crippen molar-refractivity contribution in [2.45, 2.75) is 29.2 Å². The Hall–Kier alpha value is -2.87. The molecule has 0 aliphatic heterocycles. The van der Waals surface area contributed by atoms with Crippen LogP contribution in [0, 0.1) is 5.82 Å². The van der Waals surface area contributed by atoms with E-state index in [1.165, 1.54) is 30.5 Å². The van der Waals surface area contributed by atoms with E-state index in [-0.39, 0.29) is 27.0 Å². The van der Waals surface area contributed by atoms with Crippen LogP contribution >= 0.6 is 11.3 Å². The van der Waals surface area contributed by atoms with E-state index in [2.05, 4.69) is 19.7 Å². The Morgan fingerprint density at radius 2 is 1.59 bits per heavy atom. The Kier molecular flexibility index (Phi) is 7.23. The molecule has 0 radical (unpaired) electrons. The molecule has 0 aliphatic carbocycles. The van der Waals surface area contributed by atoms with E-state index < -0.39 is 37.8 Å². The van der Waals surface area contributed by atoms with E-state index >= 15 is 0 Å². The number of halogens is 1. The third kappa shape index (κ3) is 5.88. The number of hydrogen-bond acceptors (Lipinski definition) is 7. The second-order valence-electron chi connectivity index (χ2n) is 6.49. The topological polar surface area (TPSA) is 134 Å². The van der Waals surface area contributed by atoms with E-state index in [4.69, 9.17) is 0 Å². The lowest BCUT2D eigenvalue weighted by molar-refractivity contribution is -0.117. The van der Waals surface area contributed by atoms with Crippen molar-refractivity contribution in [3.8, 4) is 0 Å². The minimum Gasteiger partial charge on any atom is -0.325 e. The first kappa shape index (κ1) is 23.8. The van der Waals surface area contributed by atoms with Crippen LogP contribution in [0.5, 0.6) is 0 Å². The van der Waals surface area contributed by atoms with Gasteiger partial charge in [0.05, 0.1) is 9.79 Å². The first-order valence-corrected chi connectivity index (χ1v) is 13.1. The van der Waals surface area contributed by atoms with Crippen LogP contribution in [0.25, 0.3) is 0 Å². The number of carbonyl (C=O) groups is 1. The quantitative estimate of drug-likeness (QED) is 0.415. The number of nitrogens with zero attached hydrogens (tertiary/aromatic N) is 1. The van der Waals surface area contributed by atoms with Gasteiger partial charge in [-0.1, -0.05) is 6.92 Å². The van der Waals surface area contributed by atoms with E-state index in [1.807, 2.05) is 0 Å². The summed E-state index contributed by atoms with van der Waals surface area (Å²) in [4.78, 5) is 16.2. The number of benzene rings is 2. The van der Waals surface area contributed by atoms with Gasteiger partial charge in [-0.25, -0.2) is 26.2 Å². The molecule has 3 rings (SSSR count). The van der Waals surface area contributed by atoms with Crippen LogP contribution in [0.4, 0.5) is 15.2 Å². The number of rotatable bonds is 9. The number of sulfonamides is 2. The zero-order valence-electron chi connectivity index (χ0n) is 16.6. The number of anilines is 2. The zero-order valence-corrected chi connectivity index (χ0v) is 19.1. The summed E-state index contributed by atoms with van der Waals surface area (Å²) in [5, 5.41) is 4.40. The molecule has 0 saturated carbocycles. The largest absolute Gasteiger partial charge is 0.325 e. The van der Waals surface area contributed by atoms with Crippen molar-refractivity contribution in [2.75, 3.05) is 10.0 Å². The summed E-state index contributed by atoms with van der Waals surface area (Å²) < 4.78 is 67.3. The lowest BCUT2D eigenvalue weighted by atomic mass is 10.2. The Morgan fingerprint density at radius 1 is 1.00 bits per heavy atom. The average molecular weight is 499 g/mol. The molecule has 1 heterocycles. The molecule has 32 heavy (non-hydrogen) atoms. The van der Waals surface area contributed by atoms with Crippen LogP contribution in [-0.2, 0) is 24.8 Å². The highest BCUT2D eigenvalue weighted by molar-refractivity contribution is 7.93. The number of amides is 1. The average Bonchev–Trinajstić information content (AvgIpc) is 3.25. The van der Waals surface area contributed by atoms with Crippen LogP contribution in [0.3, 0.4) is 0 Å². The summed E-state index contributed by atoms with van der Waals surface area (Å²) in [5.74, 6) is -1.21. The highest BCUT2D eigenvalue weighted by atomic mass is 32.2. The molecule has 170 valence electrons. The van der Waals surface area contributed by atoms with Crippen molar-refractivity contribution >= 4 is 48.1 Å². The highest BCUT2D eigenvalue weighted by Gasteiger charge is 2.25. The molecule has 0 saturated heterocycles. The molecule has 1 aromatic heterocycles. The molecule has 0 spiro atoms. The van der Waals surface area contributed by atoms with Crippen molar-refractivity contribution in [3.63, 3.8) is 0 Å². The third-order valence-corrected chi connectivity index (χ3v) is 7.89. The maximum absolute atomic E-state index is 13.0. The van der Waals surface area contributed by atoms with Gasteiger partial charge < -0.3 is 5.32 Å². The molecule has 3 N–H and O–H groups in total. The fraction of sp³-hybridized carbons (Fsp3) is 0.158. The van der Waals surface area contributed by atoms with E-state index in [9.17, 15) is 26.0 Å². The smallest absolute Gasteiger partial charge is 0.263 e. The lowest BCUT2D eigenvalue weighted by Gasteiger charge is -2.17. The predicted molar refractivity (Wildman–Crippen MR) is 119 cm³/mol. The minimum atomic E-state index is -4.05. The molecule has 0 fully saturated rings. The van der Waals surface area contributed by atoms with Gasteiger partial charge in [0.1, 0.15) is 11.9 Å². The first-order valence-electron chi connectivity index (χ1n) is 9.22. The molecule has 1 atom stereocenters. The number of aromatic nitrogens is 1. The Labute approximate surface area is 188 Å². The third-order valence-electron chi connectivity index (χ3n) is 4.23. The van der Waals surface area contributed by atoms with E-state index in [0.29, 0.717) is 0 Å². The van der Waals surface area contributed by atoms with Crippen LogP contribution < -0.4 is 14.8 Å². The molecule has 1 amide bonds. The molecule has 13 heteroatoms. The standard InChI is InChI=1S/C19H19FN4O5S3/c1-2-17(23-31(26,27)15-7-3-13(20)4-8-15)18(25)22-14-5-9-16(10-6-14)32(28,29)24-19-21-11-12-30-19/h3-12,17,23H,2H2,1H3,(H,21,24)(H,22,25). The van der Waals surface area contributed by atoms with Gasteiger partial charge >= 0.3 is 0 Å². The summed E-state index contributed by atoms with van der Waals surface area (Å²) in [7, 11) is -7.89. The van der Waals surface area contributed by atoms with Crippen molar-refractivity contribution in [3.05, 3.63) is 65.9 Å². The van der Waals surface area contributed by atoms with Crippen molar-refractivity contribution in [1.82, 2.24) is 9.71 Å². The van der Waals surface area contributed by atoms with E-state index in [1.54, 1.807) is 12.3 Å². The predicted octanol–water partition coefficient (Wildman–Crippen LogP) is 2.78. The molecule has 2 aromatic carbocycles. The molecular formula is C19H19FN4O5S3. The van der Waals surface area contributed by atoms with E-state index in [0.717, 1.165) is 35.6 Å². The van der Waals surface area contributed by atoms with Gasteiger partial charge in [-0.2, -0.15) is 4.72 Å². The number of hydrogen-bond donors (Lipinski definition) is 3. The van der Waals surface area contributed by atoms with Gasteiger partial charge in [-0.05, 0) is 55.0 Å². The van der Waals surface area contributed by atoms with Crippen molar-refractivity contribution in [2.24, 2.45) is 0 Å². The number of nitrogens with one attached hydrogen (secondary N) is 3. The van der Waals surface area contributed by atoms with Crippen LogP contribution in [0.2, 0.25) is 0 Å². The van der Waals surface area contributed by atoms with Crippen LogP contribution in [-0.4, -0.2) is 33.8 Å².